The molecule has 0 amide bonds. The van der Waals surface area contributed by atoms with E-state index in [0.29, 0.717) is 51.2 Å². The zero-order valence-corrected chi connectivity index (χ0v) is 16.8. The van der Waals surface area contributed by atoms with Crippen LogP contribution < -0.4 is 11.1 Å². The Morgan fingerprint density at radius 3 is 2.27 bits per heavy atom. The number of aliphatic hydroxyl groups is 3. The number of fused-ring (bicyclic) bond motifs is 1. The average molecular weight is 433 g/mol. The molecular formula is C17H31N5O8. The van der Waals surface area contributed by atoms with E-state index in [9.17, 15) is 0 Å². The van der Waals surface area contributed by atoms with E-state index in [1.54, 1.807) is 4.57 Å². The van der Waals surface area contributed by atoms with E-state index in [4.69, 9.17) is 44.7 Å². The van der Waals surface area contributed by atoms with Crippen molar-refractivity contribution in [3.05, 3.63) is 12.0 Å². The van der Waals surface area contributed by atoms with Crippen LogP contribution in [0.15, 0.2) is 11.3 Å². The van der Waals surface area contributed by atoms with Gasteiger partial charge in [-0.25, -0.2) is 9.98 Å². The van der Waals surface area contributed by atoms with Gasteiger partial charge in [-0.2, -0.15) is 0 Å². The summed E-state index contributed by atoms with van der Waals surface area (Å²) in [4.78, 5) is 8.49. The van der Waals surface area contributed by atoms with Gasteiger partial charge in [-0.15, -0.1) is 0 Å². The molecule has 0 bridgehead atoms. The summed E-state index contributed by atoms with van der Waals surface area (Å²) in [6.45, 7) is 2.12. The Morgan fingerprint density at radius 2 is 1.63 bits per heavy atom. The third-order valence-electron chi connectivity index (χ3n) is 3.94. The fraction of sp³-hybridized carbons (Fsp3) is 0.765. The van der Waals surface area contributed by atoms with Gasteiger partial charge >= 0.3 is 0 Å². The van der Waals surface area contributed by atoms with Crippen molar-refractivity contribution in [1.82, 2.24) is 9.55 Å². The lowest BCUT2D eigenvalue weighted by molar-refractivity contribution is -0.0494. The van der Waals surface area contributed by atoms with Gasteiger partial charge in [-0.05, 0) is 0 Å². The first kappa shape index (κ1) is 24.4. The molecule has 13 heteroatoms. The molecule has 1 atom stereocenters. The smallest absolute Gasteiger partial charge is 0.198 e. The Hall–Kier alpha value is -1.84. The number of aliphatic imine (C=N–C) groups is 1. The van der Waals surface area contributed by atoms with Gasteiger partial charge in [0.25, 0.3) is 0 Å². The van der Waals surface area contributed by atoms with Crippen molar-refractivity contribution in [2.75, 3.05) is 71.4 Å². The number of hydrogen-bond acceptors (Lipinski definition) is 12. The molecule has 6 N–H and O–H groups in total. The van der Waals surface area contributed by atoms with Gasteiger partial charge in [0.2, 0.25) is 0 Å². The number of aliphatic hydroxyl groups excluding tert-OH is 3. The molecule has 0 spiro atoms. The highest BCUT2D eigenvalue weighted by molar-refractivity contribution is 5.93. The van der Waals surface area contributed by atoms with Crippen LogP contribution in [-0.2, 0) is 30.4 Å². The van der Waals surface area contributed by atoms with Gasteiger partial charge in [0.05, 0.1) is 72.4 Å². The van der Waals surface area contributed by atoms with Crippen LogP contribution in [0.5, 0.6) is 0 Å². The van der Waals surface area contributed by atoms with Gasteiger partial charge in [0.1, 0.15) is 24.3 Å². The van der Waals surface area contributed by atoms with E-state index >= 15 is 0 Å². The Kier molecular flexibility index (Phi) is 11.6. The highest BCUT2D eigenvalue weighted by atomic mass is 16.6. The molecule has 0 saturated carbocycles. The molecule has 1 unspecified atom stereocenters. The number of nitrogens with two attached hydrogens (primary N) is 1. The zero-order valence-electron chi connectivity index (χ0n) is 16.8. The van der Waals surface area contributed by atoms with Gasteiger partial charge in [0, 0.05) is 0 Å². The van der Waals surface area contributed by atoms with Crippen LogP contribution in [0.2, 0.25) is 0 Å². The second kappa shape index (κ2) is 14.2. The van der Waals surface area contributed by atoms with Crippen molar-refractivity contribution < 1.29 is 39.0 Å². The number of nitrogens with zero attached hydrogens (tertiary/aromatic N) is 3. The van der Waals surface area contributed by atoms with Crippen LogP contribution >= 0.6 is 0 Å². The normalized spacial score (nSPS) is 15.9. The third kappa shape index (κ3) is 8.12. The molecule has 30 heavy (non-hydrogen) atoms. The standard InChI is InChI=1S/C17H31N5O8/c18-17-20-15-14(19-11-22(15)12-30-13(9-24)10-25)16(21-17)29-8-7-28-6-5-27-4-3-26-2-1-23/h11,13,16,23-25H,1-10,12H2,(H3,18,20,21). The van der Waals surface area contributed by atoms with Crippen molar-refractivity contribution in [3.63, 3.8) is 0 Å². The molecule has 1 aliphatic rings. The zero-order chi connectivity index (χ0) is 21.6. The van der Waals surface area contributed by atoms with Crippen molar-refractivity contribution >= 4 is 11.8 Å². The molecule has 1 aliphatic heterocycles. The van der Waals surface area contributed by atoms with Crippen LogP contribution in [0.3, 0.4) is 0 Å². The van der Waals surface area contributed by atoms with E-state index in [1.165, 1.54) is 6.33 Å². The summed E-state index contributed by atoms with van der Waals surface area (Å²) < 4.78 is 28.6. The van der Waals surface area contributed by atoms with Crippen molar-refractivity contribution in [2.24, 2.45) is 10.7 Å². The number of rotatable bonds is 17. The number of imidazole rings is 1. The molecule has 13 nitrogen and oxygen atoms in total. The first-order valence-electron chi connectivity index (χ1n) is 9.63. The molecule has 0 aliphatic carbocycles. The summed E-state index contributed by atoms with van der Waals surface area (Å²) >= 11 is 0. The van der Waals surface area contributed by atoms with Crippen molar-refractivity contribution in [2.45, 2.75) is 19.1 Å². The molecule has 0 fully saturated rings. The second-order valence-electron chi connectivity index (χ2n) is 6.15. The van der Waals surface area contributed by atoms with E-state index in [0.717, 1.165) is 0 Å². The molecule has 2 heterocycles. The highest BCUT2D eigenvalue weighted by Crippen LogP contribution is 2.29. The first-order chi connectivity index (χ1) is 14.7. The van der Waals surface area contributed by atoms with Crippen LogP contribution in [0.25, 0.3) is 0 Å². The van der Waals surface area contributed by atoms with Crippen LogP contribution in [0.4, 0.5) is 5.82 Å². The first-order valence-corrected chi connectivity index (χ1v) is 9.63. The van der Waals surface area contributed by atoms with E-state index in [-0.39, 0.29) is 39.1 Å². The predicted octanol–water partition coefficient (Wildman–Crippen LogP) is -1.99. The highest BCUT2D eigenvalue weighted by Gasteiger charge is 2.26. The summed E-state index contributed by atoms with van der Waals surface area (Å²) in [7, 11) is 0. The largest absolute Gasteiger partial charge is 0.394 e. The Bertz CT molecular complexity index is 625. The van der Waals surface area contributed by atoms with Gasteiger partial charge in [-0.3, -0.25) is 4.57 Å². The fourth-order valence-electron chi connectivity index (χ4n) is 2.44. The molecule has 2 rings (SSSR count). The van der Waals surface area contributed by atoms with Crippen molar-refractivity contribution in [1.29, 1.82) is 0 Å². The van der Waals surface area contributed by atoms with Gasteiger partial charge in [-0.1, -0.05) is 0 Å². The lowest BCUT2D eigenvalue weighted by Crippen LogP contribution is -2.31. The van der Waals surface area contributed by atoms with E-state index in [2.05, 4.69) is 15.3 Å². The minimum atomic E-state index is -0.683. The summed E-state index contributed by atoms with van der Waals surface area (Å²) in [5, 5.41) is 29.7. The topological polar surface area (TPSA) is 175 Å². The maximum absolute atomic E-state index is 9.09. The lowest BCUT2D eigenvalue weighted by Gasteiger charge is -2.22. The average Bonchev–Trinajstić information content (AvgIpc) is 3.15. The van der Waals surface area contributed by atoms with Gasteiger partial charge in [0.15, 0.2) is 12.2 Å². The number of guanidine groups is 1. The minimum Gasteiger partial charge on any atom is -0.394 e. The molecule has 1 aromatic heterocycles. The molecule has 1 aromatic rings. The number of anilines is 1. The van der Waals surface area contributed by atoms with E-state index < -0.39 is 12.3 Å². The quantitative estimate of drug-likeness (QED) is 0.172. The van der Waals surface area contributed by atoms with Crippen LogP contribution in [0.1, 0.15) is 11.9 Å². The van der Waals surface area contributed by atoms with Gasteiger partial charge < -0.3 is 50.1 Å². The lowest BCUT2D eigenvalue weighted by atomic mass is 10.3. The molecule has 0 saturated heterocycles. The molecular weight excluding hydrogens is 402 g/mol. The Morgan fingerprint density at radius 1 is 1.00 bits per heavy atom. The third-order valence-corrected chi connectivity index (χ3v) is 3.94. The maximum Gasteiger partial charge on any atom is 0.198 e. The Labute approximate surface area is 174 Å². The monoisotopic (exact) mass is 433 g/mol. The second-order valence-corrected chi connectivity index (χ2v) is 6.15. The van der Waals surface area contributed by atoms with Crippen molar-refractivity contribution in [3.8, 4) is 0 Å². The number of hydrogen-bond donors (Lipinski definition) is 5. The van der Waals surface area contributed by atoms with E-state index in [1.807, 2.05) is 0 Å². The SMILES string of the molecule is NC1=NC(OCCOCCOCCOCCO)c2ncn(COC(CO)CO)c2N1. The Balaban J connectivity index is 1.68. The van der Waals surface area contributed by atoms with Crippen LogP contribution in [0, 0.1) is 0 Å². The van der Waals surface area contributed by atoms with Crippen LogP contribution in [-0.4, -0.2) is 103 Å². The molecule has 0 radical (unpaired) electrons. The summed E-state index contributed by atoms with van der Waals surface area (Å²) in [5.41, 5.74) is 6.38. The number of nitrogens with one attached hydrogen (secondary N) is 1. The number of aromatic nitrogens is 2. The maximum atomic E-state index is 9.09. The predicted molar refractivity (Wildman–Crippen MR) is 105 cm³/mol. The molecule has 172 valence electrons. The summed E-state index contributed by atoms with van der Waals surface area (Å²) in [6, 6.07) is 0. The summed E-state index contributed by atoms with van der Waals surface area (Å²) in [6.07, 6.45) is 0.169. The summed E-state index contributed by atoms with van der Waals surface area (Å²) in [5.74, 6) is 0.743. The minimum absolute atomic E-state index is 0.000721. The molecule has 0 aromatic carbocycles. The number of ether oxygens (including phenoxy) is 5. The fourth-order valence-corrected chi connectivity index (χ4v) is 2.44.